The maximum Gasteiger partial charge on any atom is 0.201 e. The highest BCUT2D eigenvalue weighted by atomic mass is 19.2. The van der Waals surface area contributed by atoms with Gasteiger partial charge in [-0.1, -0.05) is 44.0 Å². The van der Waals surface area contributed by atoms with Crippen molar-refractivity contribution in [3.8, 4) is 5.75 Å². The van der Waals surface area contributed by atoms with Gasteiger partial charge in [0.1, 0.15) is 0 Å². The van der Waals surface area contributed by atoms with Gasteiger partial charge in [0.2, 0.25) is 5.82 Å². The molecule has 0 N–H and O–H groups in total. The van der Waals surface area contributed by atoms with E-state index in [0.29, 0.717) is 25.7 Å². The molecule has 2 aromatic rings. The van der Waals surface area contributed by atoms with Gasteiger partial charge in [-0.15, -0.1) is 0 Å². The molecule has 6 heteroatoms. The SMILES string of the molecule is CCCCCc1ccc(C2CCC(C3COC(c4ccc(OCC)c(F)c4F)OC3)CO2)cc1. The van der Waals surface area contributed by atoms with Crippen molar-refractivity contribution >= 4 is 0 Å². The predicted molar refractivity (Wildman–Crippen MR) is 127 cm³/mol. The first-order chi connectivity index (χ1) is 16.6. The molecule has 2 aliphatic heterocycles. The van der Waals surface area contributed by atoms with Crippen molar-refractivity contribution in [1.29, 1.82) is 0 Å². The Labute approximate surface area is 201 Å². The summed E-state index contributed by atoms with van der Waals surface area (Å²) in [5.74, 6) is -1.58. The van der Waals surface area contributed by atoms with Gasteiger partial charge >= 0.3 is 0 Å². The number of hydrogen-bond donors (Lipinski definition) is 0. The van der Waals surface area contributed by atoms with Crippen molar-refractivity contribution in [2.45, 2.75) is 64.8 Å². The molecule has 186 valence electrons. The minimum atomic E-state index is -1.01. The molecule has 34 heavy (non-hydrogen) atoms. The number of benzene rings is 2. The Kier molecular flexibility index (Phi) is 8.92. The summed E-state index contributed by atoms with van der Waals surface area (Å²) in [5, 5.41) is 0. The third kappa shape index (κ3) is 5.96. The second-order valence-corrected chi connectivity index (χ2v) is 9.33. The van der Waals surface area contributed by atoms with Gasteiger partial charge in [0.15, 0.2) is 17.9 Å². The highest BCUT2D eigenvalue weighted by Gasteiger charge is 2.34. The molecule has 0 saturated carbocycles. The maximum absolute atomic E-state index is 14.5. The topological polar surface area (TPSA) is 36.9 Å². The van der Waals surface area contributed by atoms with Crippen molar-refractivity contribution in [1.82, 2.24) is 0 Å². The first kappa shape index (κ1) is 25.1. The molecule has 0 spiro atoms. The molecule has 0 bridgehead atoms. The van der Waals surface area contributed by atoms with Crippen LogP contribution in [0.5, 0.6) is 5.75 Å². The highest BCUT2D eigenvalue weighted by molar-refractivity contribution is 5.32. The van der Waals surface area contributed by atoms with Gasteiger partial charge in [-0.05, 0) is 61.8 Å². The van der Waals surface area contributed by atoms with Gasteiger partial charge in [-0.25, -0.2) is 4.39 Å². The predicted octanol–water partition coefficient (Wildman–Crippen LogP) is 6.93. The first-order valence-corrected chi connectivity index (χ1v) is 12.6. The van der Waals surface area contributed by atoms with Crippen LogP contribution >= 0.6 is 0 Å². The molecule has 2 fully saturated rings. The van der Waals surface area contributed by atoms with E-state index in [-0.39, 0.29) is 29.9 Å². The van der Waals surface area contributed by atoms with Crippen molar-refractivity contribution in [2.75, 3.05) is 26.4 Å². The largest absolute Gasteiger partial charge is 0.491 e. The zero-order chi connectivity index (χ0) is 23.9. The van der Waals surface area contributed by atoms with Crippen LogP contribution in [0, 0.1) is 23.5 Å². The maximum atomic E-state index is 14.5. The monoisotopic (exact) mass is 474 g/mol. The summed E-state index contributed by atoms with van der Waals surface area (Å²) in [5.41, 5.74) is 2.69. The fourth-order valence-corrected chi connectivity index (χ4v) is 4.85. The fraction of sp³-hybridized carbons (Fsp3) is 0.571. The van der Waals surface area contributed by atoms with Crippen LogP contribution in [0.3, 0.4) is 0 Å². The molecule has 4 nitrogen and oxygen atoms in total. The van der Waals surface area contributed by atoms with Crippen molar-refractivity contribution in [2.24, 2.45) is 11.8 Å². The minimum Gasteiger partial charge on any atom is -0.491 e. The molecule has 2 heterocycles. The number of ether oxygens (including phenoxy) is 4. The van der Waals surface area contributed by atoms with Gasteiger partial charge in [-0.3, -0.25) is 0 Å². The lowest BCUT2D eigenvalue weighted by Crippen LogP contribution is -2.37. The average molecular weight is 475 g/mol. The Bertz CT molecular complexity index is 901. The molecule has 2 aromatic carbocycles. The summed E-state index contributed by atoms with van der Waals surface area (Å²) in [6.45, 7) is 5.73. The van der Waals surface area contributed by atoms with Gasteiger partial charge in [0, 0.05) is 11.5 Å². The molecule has 2 unspecified atom stereocenters. The van der Waals surface area contributed by atoms with E-state index in [9.17, 15) is 8.78 Å². The van der Waals surface area contributed by atoms with Crippen LogP contribution in [-0.2, 0) is 20.6 Å². The summed E-state index contributed by atoms with van der Waals surface area (Å²) in [7, 11) is 0. The molecule has 0 radical (unpaired) electrons. The minimum absolute atomic E-state index is 0.0671. The Hall–Kier alpha value is -2.02. The van der Waals surface area contributed by atoms with Gasteiger partial charge < -0.3 is 18.9 Å². The molecular weight excluding hydrogens is 438 g/mol. The van der Waals surface area contributed by atoms with Crippen LogP contribution in [0.1, 0.15) is 75.0 Å². The van der Waals surface area contributed by atoms with E-state index in [4.69, 9.17) is 18.9 Å². The lowest BCUT2D eigenvalue weighted by atomic mass is 9.85. The molecule has 2 atom stereocenters. The number of unbranched alkanes of at least 4 members (excludes halogenated alkanes) is 2. The Morgan fingerprint density at radius 2 is 1.56 bits per heavy atom. The van der Waals surface area contributed by atoms with E-state index in [1.807, 2.05) is 0 Å². The molecule has 0 aliphatic carbocycles. The van der Waals surface area contributed by atoms with E-state index in [1.54, 1.807) is 6.92 Å². The van der Waals surface area contributed by atoms with E-state index >= 15 is 0 Å². The summed E-state index contributed by atoms with van der Waals surface area (Å²) in [6.07, 6.45) is 6.09. The Morgan fingerprint density at radius 1 is 0.824 bits per heavy atom. The molecule has 0 aromatic heterocycles. The second kappa shape index (κ2) is 12.1. The average Bonchev–Trinajstić information content (AvgIpc) is 2.88. The van der Waals surface area contributed by atoms with Crippen LogP contribution in [0.25, 0.3) is 0 Å². The Morgan fingerprint density at radius 3 is 2.21 bits per heavy atom. The summed E-state index contributed by atoms with van der Waals surface area (Å²) >= 11 is 0. The van der Waals surface area contributed by atoms with Gasteiger partial charge in [-0.2, -0.15) is 4.39 Å². The first-order valence-electron chi connectivity index (χ1n) is 12.6. The molecule has 0 amide bonds. The van der Waals surface area contributed by atoms with Crippen LogP contribution in [0.2, 0.25) is 0 Å². The zero-order valence-corrected chi connectivity index (χ0v) is 20.2. The fourth-order valence-electron chi connectivity index (χ4n) is 4.85. The number of rotatable bonds is 9. The van der Waals surface area contributed by atoms with Crippen molar-refractivity contribution < 1.29 is 27.7 Å². The van der Waals surface area contributed by atoms with Crippen LogP contribution in [0.15, 0.2) is 36.4 Å². The number of halogens is 2. The molecule has 2 saturated heterocycles. The Balaban J connectivity index is 1.25. The third-order valence-electron chi connectivity index (χ3n) is 6.95. The van der Waals surface area contributed by atoms with E-state index in [0.717, 1.165) is 19.3 Å². The summed E-state index contributed by atoms with van der Waals surface area (Å²) in [6, 6.07) is 11.8. The van der Waals surface area contributed by atoms with Gasteiger partial charge in [0.05, 0.1) is 32.5 Å². The zero-order valence-electron chi connectivity index (χ0n) is 20.2. The quantitative estimate of drug-likeness (QED) is 0.370. The van der Waals surface area contributed by atoms with Crippen LogP contribution in [0.4, 0.5) is 8.78 Å². The van der Waals surface area contributed by atoms with Crippen molar-refractivity contribution in [3.05, 3.63) is 64.7 Å². The number of hydrogen-bond acceptors (Lipinski definition) is 4. The summed E-state index contributed by atoms with van der Waals surface area (Å²) < 4.78 is 51.6. The highest BCUT2D eigenvalue weighted by Crippen LogP contribution is 2.38. The smallest absolute Gasteiger partial charge is 0.201 e. The van der Waals surface area contributed by atoms with Crippen molar-refractivity contribution in [3.63, 3.8) is 0 Å². The molecule has 4 rings (SSSR count). The van der Waals surface area contributed by atoms with E-state index in [1.165, 1.54) is 42.5 Å². The standard InChI is InChI=1S/C28H36F2O4/c1-3-5-6-7-19-8-10-20(11-9-19)24-14-12-21(16-32-24)22-17-33-28(34-18-22)23-13-15-25(31-4-2)27(30)26(23)29/h8-11,13,15,21-22,24,28H,3-7,12,14,16-18H2,1-2H3. The van der Waals surface area contributed by atoms with E-state index in [2.05, 4.69) is 31.2 Å². The summed E-state index contributed by atoms with van der Waals surface area (Å²) in [4.78, 5) is 0. The number of aryl methyl sites for hydroxylation is 1. The normalized spacial score (nSPS) is 25.3. The molecular formula is C28H36F2O4. The lowest BCUT2D eigenvalue weighted by molar-refractivity contribution is -0.221. The lowest BCUT2D eigenvalue weighted by Gasteiger charge is -2.38. The van der Waals surface area contributed by atoms with Crippen LogP contribution < -0.4 is 4.74 Å². The van der Waals surface area contributed by atoms with Crippen LogP contribution in [-0.4, -0.2) is 26.4 Å². The van der Waals surface area contributed by atoms with E-state index < -0.39 is 17.9 Å². The second-order valence-electron chi connectivity index (χ2n) is 9.33. The third-order valence-corrected chi connectivity index (χ3v) is 6.95. The van der Waals surface area contributed by atoms with Gasteiger partial charge in [0.25, 0.3) is 0 Å². The molecule has 2 aliphatic rings.